The molecule has 0 fully saturated rings. The third-order valence-corrected chi connectivity index (χ3v) is 3.79. The fraction of sp³-hybridized carbons (Fsp3) is 0.294. The van der Waals surface area contributed by atoms with Crippen molar-refractivity contribution in [1.82, 2.24) is 24.9 Å². The molecule has 0 radical (unpaired) electrons. The predicted octanol–water partition coefficient (Wildman–Crippen LogP) is 1.34. The van der Waals surface area contributed by atoms with Gasteiger partial charge >= 0.3 is 0 Å². The van der Waals surface area contributed by atoms with E-state index in [0.717, 1.165) is 11.3 Å². The lowest BCUT2D eigenvalue weighted by Crippen LogP contribution is -2.30. The van der Waals surface area contributed by atoms with Gasteiger partial charge in [0, 0.05) is 39.4 Å². The summed E-state index contributed by atoms with van der Waals surface area (Å²) < 4.78 is 1.80. The number of carbonyl (C=O) groups excluding carboxylic acids is 1. The average molecular weight is 339 g/mol. The van der Waals surface area contributed by atoms with Crippen molar-refractivity contribution in [2.75, 3.05) is 37.4 Å². The summed E-state index contributed by atoms with van der Waals surface area (Å²) in [6, 6.07) is 7.56. The summed E-state index contributed by atoms with van der Waals surface area (Å²) >= 11 is 0. The minimum absolute atomic E-state index is 0.147. The maximum atomic E-state index is 12.5. The first-order valence-electron chi connectivity index (χ1n) is 8.02. The molecule has 0 spiro atoms. The maximum Gasteiger partial charge on any atom is 0.270 e. The van der Waals surface area contributed by atoms with Gasteiger partial charge in [-0.1, -0.05) is 6.07 Å². The molecular formula is C17H21N7O. The fourth-order valence-electron chi connectivity index (χ4n) is 2.52. The van der Waals surface area contributed by atoms with Crippen LogP contribution in [0.25, 0.3) is 5.65 Å². The van der Waals surface area contributed by atoms with Crippen molar-refractivity contribution in [3.63, 3.8) is 0 Å². The number of nitrogens with one attached hydrogen (secondary N) is 2. The quantitative estimate of drug-likeness (QED) is 0.659. The van der Waals surface area contributed by atoms with Crippen molar-refractivity contribution >= 4 is 23.1 Å². The van der Waals surface area contributed by atoms with Gasteiger partial charge in [-0.2, -0.15) is 5.10 Å². The van der Waals surface area contributed by atoms with Crippen molar-refractivity contribution in [2.45, 2.75) is 6.92 Å². The zero-order valence-corrected chi connectivity index (χ0v) is 14.5. The summed E-state index contributed by atoms with van der Waals surface area (Å²) in [4.78, 5) is 18.8. The number of fused-ring (bicyclic) bond motifs is 1. The van der Waals surface area contributed by atoms with Crippen LogP contribution in [-0.4, -0.2) is 52.7 Å². The Morgan fingerprint density at radius 1 is 1.28 bits per heavy atom. The van der Waals surface area contributed by atoms with E-state index in [1.54, 1.807) is 10.6 Å². The Morgan fingerprint density at radius 2 is 2.12 bits per heavy atom. The molecule has 0 atom stereocenters. The van der Waals surface area contributed by atoms with E-state index in [2.05, 4.69) is 25.8 Å². The molecule has 3 aromatic rings. The molecule has 0 unspecified atom stereocenters. The maximum absolute atomic E-state index is 12.5. The molecule has 0 aliphatic heterocycles. The molecule has 3 aromatic heterocycles. The van der Waals surface area contributed by atoms with Crippen LogP contribution in [0, 0.1) is 6.92 Å². The topological polar surface area (TPSA) is 87.5 Å². The van der Waals surface area contributed by atoms with Gasteiger partial charge in [-0.3, -0.25) is 9.20 Å². The highest BCUT2D eigenvalue weighted by Crippen LogP contribution is 2.13. The van der Waals surface area contributed by atoms with Crippen molar-refractivity contribution < 1.29 is 4.79 Å². The molecular weight excluding hydrogens is 318 g/mol. The number of anilines is 2. The van der Waals surface area contributed by atoms with Gasteiger partial charge in [-0.15, -0.1) is 5.10 Å². The minimum atomic E-state index is -0.147. The number of hydrogen-bond donors (Lipinski definition) is 2. The van der Waals surface area contributed by atoms with Crippen LogP contribution in [-0.2, 0) is 0 Å². The van der Waals surface area contributed by atoms with Crippen molar-refractivity contribution in [2.24, 2.45) is 0 Å². The van der Waals surface area contributed by atoms with Gasteiger partial charge in [-0.25, -0.2) is 4.98 Å². The molecule has 0 aliphatic carbocycles. The summed E-state index contributed by atoms with van der Waals surface area (Å²) in [6.45, 7) is 2.85. The molecule has 25 heavy (non-hydrogen) atoms. The second kappa shape index (κ2) is 7.16. The molecule has 0 aromatic carbocycles. The van der Waals surface area contributed by atoms with Gasteiger partial charge in [-0.05, 0) is 19.1 Å². The lowest BCUT2D eigenvalue weighted by Gasteiger charge is -2.13. The Kier molecular flexibility index (Phi) is 4.78. The summed E-state index contributed by atoms with van der Waals surface area (Å²) in [5.74, 6) is 0.526. The van der Waals surface area contributed by atoms with Gasteiger partial charge < -0.3 is 15.5 Å². The molecule has 3 rings (SSSR count). The third-order valence-electron chi connectivity index (χ3n) is 3.79. The SMILES string of the molecule is Cc1nc2ccccn2c1C(=O)NCCNc1cc(N(C)C)cnn1. The van der Waals surface area contributed by atoms with E-state index in [1.165, 1.54) is 0 Å². The van der Waals surface area contributed by atoms with Crippen LogP contribution in [0.15, 0.2) is 36.7 Å². The van der Waals surface area contributed by atoms with Gasteiger partial charge in [0.25, 0.3) is 5.91 Å². The number of aryl methyl sites for hydroxylation is 1. The first-order chi connectivity index (χ1) is 12.1. The number of carbonyl (C=O) groups is 1. The summed E-state index contributed by atoms with van der Waals surface area (Å²) in [7, 11) is 3.89. The zero-order valence-electron chi connectivity index (χ0n) is 14.5. The molecule has 0 saturated heterocycles. The van der Waals surface area contributed by atoms with Crippen LogP contribution in [0.5, 0.6) is 0 Å². The zero-order chi connectivity index (χ0) is 17.8. The predicted molar refractivity (Wildman–Crippen MR) is 97.1 cm³/mol. The highest BCUT2D eigenvalue weighted by molar-refractivity contribution is 5.94. The lowest BCUT2D eigenvalue weighted by atomic mass is 10.3. The highest BCUT2D eigenvalue weighted by atomic mass is 16.1. The Morgan fingerprint density at radius 3 is 2.92 bits per heavy atom. The number of imidazole rings is 1. The van der Waals surface area contributed by atoms with E-state index < -0.39 is 0 Å². The standard InChI is InChI=1S/C17H21N7O/c1-12-16(24-9-5-4-6-15(24)21-12)17(25)19-8-7-18-14-10-13(23(2)3)11-20-22-14/h4-6,9-11H,7-8H2,1-3H3,(H,18,22)(H,19,25). The van der Waals surface area contributed by atoms with E-state index in [-0.39, 0.29) is 5.91 Å². The van der Waals surface area contributed by atoms with E-state index in [0.29, 0.717) is 30.3 Å². The van der Waals surface area contributed by atoms with Crippen LogP contribution in [0.1, 0.15) is 16.2 Å². The van der Waals surface area contributed by atoms with Crippen LogP contribution in [0.2, 0.25) is 0 Å². The third kappa shape index (κ3) is 3.68. The first-order valence-corrected chi connectivity index (χ1v) is 8.02. The first kappa shape index (κ1) is 16.7. The largest absolute Gasteiger partial charge is 0.376 e. The van der Waals surface area contributed by atoms with Crippen LogP contribution in [0.3, 0.4) is 0 Å². The Balaban J connectivity index is 1.58. The van der Waals surface area contributed by atoms with Crippen molar-refractivity contribution in [3.05, 3.63) is 48.0 Å². The summed E-state index contributed by atoms with van der Waals surface area (Å²) in [6.07, 6.45) is 3.53. The summed E-state index contributed by atoms with van der Waals surface area (Å²) in [5.41, 5.74) is 2.99. The normalized spacial score (nSPS) is 10.7. The summed E-state index contributed by atoms with van der Waals surface area (Å²) in [5, 5.41) is 14.0. The molecule has 3 heterocycles. The van der Waals surface area contributed by atoms with Crippen molar-refractivity contribution in [3.8, 4) is 0 Å². The van der Waals surface area contributed by atoms with E-state index in [9.17, 15) is 4.79 Å². The van der Waals surface area contributed by atoms with Gasteiger partial charge in [0.2, 0.25) is 0 Å². The molecule has 0 bridgehead atoms. The number of amides is 1. The number of nitrogens with zero attached hydrogens (tertiary/aromatic N) is 5. The average Bonchev–Trinajstić information content (AvgIpc) is 2.94. The van der Waals surface area contributed by atoms with Crippen molar-refractivity contribution in [1.29, 1.82) is 0 Å². The molecule has 8 nitrogen and oxygen atoms in total. The van der Waals surface area contributed by atoms with E-state index in [4.69, 9.17) is 0 Å². The monoisotopic (exact) mass is 339 g/mol. The van der Waals surface area contributed by atoms with Crippen LogP contribution >= 0.6 is 0 Å². The Labute approximate surface area is 145 Å². The second-order valence-electron chi connectivity index (χ2n) is 5.85. The fourth-order valence-corrected chi connectivity index (χ4v) is 2.52. The van der Waals surface area contributed by atoms with Crippen LogP contribution in [0.4, 0.5) is 11.5 Å². The van der Waals surface area contributed by atoms with Gasteiger partial charge in [0.1, 0.15) is 11.3 Å². The molecule has 1 amide bonds. The number of aromatic nitrogens is 4. The molecule has 0 saturated carbocycles. The van der Waals surface area contributed by atoms with Gasteiger partial charge in [0.15, 0.2) is 5.82 Å². The number of pyridine rings is 1. The minimum Gasteiger partial charge on any atom is -0.376 e. The Hall–Kier alpha value is -3.16. The number of rotatable bonds is 6. The van der Waals surface area contributed by atoms with E-state index in [1.807, 2.05) is 56.4 Å². The van der Waals surface area contributed by atoms with Gasteiger partial charge in [0.05, 0.1) is 17.6 Å². The number of hydrogen-bond acceptors (Lipinski definition) is 6. The molecule has 8 heteroatoms. The second-order valence-corrected chi connectivity index (χ2v) is 5.85. The smallest absolute Gasteiger partial charge is 0.270 e. The molecule has 130 valence electrons. The Bertz CT molecular complexity index is 888. The highest BCUT2D eigenvalue weighted by Gasteiger charge is 2.15. The molecule has 0 aliphatic rings. The van der Waals surface area contributed by atoms with Crippen LogP contribution < -0.4 is 15.5 Å². The van der Waals surface area contributed by atoms with E-state index >= 15 is 0 Å². The molecule has 2 N–H and O–H groups in total. The lowest BCUT2D eigenvalue weighted by molar-refractivity contribution is 0.0948.